The van der Waals surface area contributed by atoms with E-state index in [0.29, 0.717) is 4.91 Å². The molecule has 1 aliphatic heterocycles. The Bertz CT molecular complexity index is 493. The highest BCUT2D eigenvalue weighted by molar-refractivity contribution is 8.18. The molecule has 0 unspecified atom stereocenters. The molecule has 1 saturated heterocycles. The molecule has 1 aromatic rings. The van der Waals surface area contributed by atoms with Gasteiger partial charge in [-0.1, -0.05) is 29.8 Å². The fourth-order valence-electron chi connectivity index (χ4n) is 1.44. The summed E-state index contributed by atoms with van der Waals surface area (Å²) in [4.78, 5) is 24.2. The average molecular weight is 249 g/mol. The van der Waals surface area contributed by atoms with Crippen LogP contribution >= 0.6 is 11.8 Å². The second-order valence-electron chi connectivity index (χ2n) is 3.66. The van der Waals surface area contributed by atoms with Crippen LogP contribution in [0, 0.1) is 6.92 Å². The van der Waals surface area contributed by atoms with Crippen LogP contribution < -0.4 is 0 Å². The third kappa shape index (κ3) is 2.40. The number of hydrogen-bond acceptors (Lipinski definition) is 4. The zero-order valence-corrected chi connectivity index (χ0v) is 10.0. The van der Waals surface area contributed by atoms with Gasteiger partial charge in [-0.15, -0.1) is 0 Å². The fourth-order valence-corrected chi connectivity index (χ4v) is 2.27. The number of aryl methyl sites for hydroxylation is 1. The van der Waals surface area contributed by atoms with E-state index >= 15 is 0 Å². The quantitative estimate of drug-likeness (QED) is 0.814. The van der Waals surface area contributed by atoms with Gasteiger partial charge in [0.15, 0.2) is 0 Å². The maximum Gasteiger partial charge on any atom is 0.295 e. The van der Waals surface area contributed by atoms with Gasteiger partial charge < -0.3 is 5.11 Å². The van der Waals surface area contributed by atoms with Crippen molar-refractivity contribution in [2.45, 2.75) is 6.92 Å². The molecule has 5 heteroatoms. The van der Waals surface area contributed by atoms with Gasteiger partial charge in [-0.3, -0.25) is 9.59 Å². The topological polar surface area (TPSA) is 57.6 Å². The van der Waals surface area contributed by atoms with Crippen LogP contribution in [0.15, 0.2) is 29.2 Å². The molecule has 1 fully saturated rings. The minimum absolute atomic E-state index is 0.341. The first-order valence-corrected chi connectivity index (χ1v) is 5.86. The molecule has 1 aliphatic rings. The van der Waals surface area contributed by atoms with Crippen molar-refractivity contribution >= 4 is 29.0 Å². The van der Waals surface area contributed by atoms with E-state index in [4.69, 9.17) is 5.11 Å². The Morgan fingerprint density at radius 2 is 1.94 bits per heavy atom. The first-order valence-electron chi connectivity index (χ1n) is 5.04. The van der Waals surface area contributed by atoms with Crippen molar-refractivity contribution in [2.24, 2.45) is 0 Å². The predicted molar refractivity (Wildman–Crippen MR) is 66.1 cm³/mol. The Labute approximate surface area is 103 Å². The molecule has 0 radical (unpaired) electrons. The highest BCUT2D eigenvalue weighted by atomic mass is 32.2. The van der Waals surface area contributed by atoms with E-state index in [1.807, 2.05) is 31.2 Å². The Balaban J connectivity index is 2.27. The first kappa shape index (κ1) is 11.9. The lowest BCUT2D eigenvalue weighted by Gasteiger charge is -2.05. The lowest BCUT2D eigenvalue weighted by molar-refractivity contribution is -0.125. The normalized spacial score (nSPS) is 18.2. The van der Waals surface area contributed by atoms with E-state index in [0.717, 1.165) is 27.8 Å². The lowest BCUT2D eigenvalue weighted by atomic mass is 10.1. The number of aliphatic hydroxyl groups is 1. The summed E-state index contributed by atoms with van der Waals surface area (Å²) in [5.74, 6) is -0.442. The molecule has 88 valence electrons. The number of nitrogens with zero attached hydrogens (tertiary/aromatic N) is 1. The SMILES string of the molecule is Cc1ccc(C=C2SC(=O)N(CO)C2=O)cc1. The van der Waals surface area contributed by atoms with E-state index in [1.165, 1.54) is 0 Å². The highest BCUT2D eigenvalue weighted by Crippen LogP contribution is 2.31. The Morgan fingerprint density at radius 1 is 1.29 bits per heavy atom. The van der Waals surface area contributed by atoms with Crippen LogP contribution in [-0.2, 0) is 4.79 Å². The smallest absolute Gasteiger partial charge is 0.295 e. The van der Waals surface area contributed by atoms with Gasteiger partial charge >= 0.3 is 0 Å². The summed E-state index contributed by atoms with van der Waals surface area (Å²) in [5, 5.41) is 8.44. The summed E-state index contributed by atoms with van der Waals surface area (Å²) in [6, 6.07) is 7.62. The van der Waals surface area contributed by atoms with Gasteiger partial charge in [0.2, 0.25) is 0 Å². The van der Waals surface area contributed by atoms with Crippen LogP contribution in [0.5, 0.6) is 0 Å². The summed E-state index contributed by atoms with van der Waals surface area (Å²) in [7, 11) is 0. The number of amides is 2. The minimum atomic E-state index is -0.574. The standard InChI is InChI=1S/C12H11NO3S/c1-8-2-4-9(5-3-8)6-10-11(15)13(7-14)12(16)17-10/h2-6,14H,7H2,1H3. The average Bonchev–Trinajstić information content (AvgIpc) is 2.57. The van der Waals surface area contributed by atoms with Gasteiger partial charge in [-0.05, 0) is 30.3 Å². The molecule has 0 aromatic heterocycles. The van der Waals surface area contributed by atoms with Crippen molar-refractivity contribution in [2.75, 3.05) is 6.73 Å². The monoisotopic (exact) mass is 249 g/mol. The van der Waals surface area contributed by atoms with E-state index < -0.39 is 17.9 Å². The van der Waals surface area contributed by atoms with E-state index in [1.54, 1.807) is 6.08 Å². The second-order valence-corrected chi connectivity index (χ2v) is 4.66. The summed E-state index contributed by atoms with van der Waals surface area (Å²) < 4.78 is 0. The number of carbonyl (C=O) groups is 2. The van der Waals surface area contributed by atoms with Crippen molar-refractivity contribution in [1.29, 1.82) is 0 Å². The van der Waals surface area contributed by atoms with E-state index in [2.05, 4.69) is 0 Å². The van der Waals surface area contributed by atoms with Crippen LogP contribution in [-0.4, -0.2) is 27.9 Å². The molecule has 0 aliphatic carbocycles. The van der Waals surface area contributed by atoms with Crippen LogP contribution in [0.4, 0.5) is 4.79 Å². The molecule has 2 rings (SSSR count). The molecular weight excluding hydrogens is 238 g/mol. The number of rotatable bonds is 2. The number of carbonyl (C=O) groups excluding carboxylic acids is 2. The molecule has 17 heavy (non-hydrogen) atoms. The Hall–Kier alpha value is -1.59. The minimum Gasteiger partial charge on any atom is -0.376 e. The maximum atomic E-state index is 11.7. The van der Waals surface area contributed by atoms with Crippen molar-refractivity contribution < 1.29 is 14.7 Å². The molecule has 0 spiro atoms. The number of hydrogen-bond donors (Lipinski definition) is 1. The summed E-state index contributed by atoms with van der Waals surface area (Å²) in [6.45, 7) is 1.40. The zero-order chi connectivity index (χ0) is 12.4. The van der Waals surface area contributed by atoms with Crippen molar-refractivity contribution in [3.05, 3.63) is 40.3 Å². The second kappa shape index (κ2) is 4.73. The first-order chi connectivity index (χ1) is 8.11. The molecule has 1 heterocycles. The summed E-state index contributed by atoms with van der Waals surface area (Å²) in [5.41, 5.74) is 1.99. The highest BCUT2D eigenvalue weighted by Gasteiger charge is 2.34. The predicted octanol–water partition coefficient (Wildman–Crippen LogP) is 1.98. The molecule has 0 saturated carbocycles. The third-order valence-corrected chi connectivity index (χ3v) is 3.30. The van der Waals surface area contributed by atoms with Gasteiger partial charge in [0.25, 0.3) is 11.1 Å². The number of imide groups is 1. The van der Waals surface area contributed by atoms with Gasteiger partial charge in [-0.25, -0.2) is 4.90 Å². The molecule has 1 N–H and O–H groups in total. The molecule has 0 atom stereocenters. The van der Waals surface area contributed by atoms with Gasteiger partial charge in [0.05, 0.1) is 4.91 Å². The Morgan fingerprint density at radius 3 is 2.47 bits per heavy atom. The summed E-state index contributed by atoms with van der Waals surface area (Å²) in [6.07, 6.45) is 1.65. The fraction of sp³-hybridized carbons (Fsp3) is 0.167. The van der Waals surface area contributed by atoms with Crippen LogP contribution in [0.25, 0.3) is 6.08 Å². The van der Waals surface area contributed by atoms with Crippen molar-refractivity contribution in [3.8, 4) is 0 Å². The van der Waals surface area contributed by atoms with Crippen LogP contribution in [0.1, 0.15) is 11.1 Å². The molecule has 1 aromatic carbocycles. The zero-order valence-electron chi connectivity index (χ0n) is 9.21. The number of benzene rings is 1. The number of aliphatic hydroxyl groups excluding tert-OH is 1. The third-order valence-electron chi connectivity index (χ3n) is 2.39. The van der Waals surface area contributed by atoms with E-state index in [-0.39, 0.29) is 0 Å². The maximum absolute atomic E-state index is 11.7. The lowest BCUT2D eigenvalue weighted by Crippen LogP contribution is -2.28. The molecular formula is C12H11NO3S. The molecule has 0 bridgehead atoms. The molecule has 4 nitrogen and oxygen atoms in total. The van der Waals surface area contributed by atoms with Crippen LogP contribution in [0.2, 0.25) is 0 Å². The van der Waals surface area contributed by atoms with Crippen molar-refractivity contribution in [1.82, 2.24) is 4.90 Å². The van der Waals surface area contributed by atoms with Gasteiger partial charge in [0, 0.05) is 0 Å². The summed E-state index contributed by atoms with van der Waals surface area (Å²) >= 11 is 0.844. The van der Waals surface area contributed by atoms with Crippen molar-refractivity contribution in [3.63, 3.8) is 0 Å². The Kier molecular flexibility index (Phi) is 3.31. The molecule has 2 amide bonds. The number of thioether (sulfide) groups is 1. The van der Waals surface area contributed by atoms with E-state index in [9.17, 15) is 9.59 Å². The van der Waals surface area contributed by atoms with Gasteiger partial charge in [-0.2, -0.15) is 0 Å². The van der Waals surface area contributed by atoms with Gasteiger partial charge in [0.1, 0.15) is 6.73 Å². The van der Waals surface area contributed by atoms with Crippen LogP contribution in [0.3, 0.4) is 0 Å². The largest absolute Gasteiger partial charge is 0.376 e.